The Kier molecular flexibility index (Phi) is 5.70. The van der Waals surface area contributed by atoms with E-state index in [0.717, 1.165) is 36.3 Å². The molecule has 4 atom stereocenters. The Morgan fingerprint density at radius 1 is 1.11 bits per heavy atom. The van der Waals surface area contributed by atoms with Gasteiger partial charge in [0.05, 0.1) is 6.10 Å². The minimum Gasteiger partial charge on any atom is -0.378 e. The highest BCUT2D eigenvalue weighted by Gasteiger charge is 2.35. The van der Waals surface area contributed by atoms with E-state index in [0.29, 0.717) is 6.10 Å². The fourth-order valence-electron chi connectivity index (χ4n) is 4.10. The van der Waals surface area contributed by atoms with Crippen LogP contribution in [-0.2, 0) is 4.74 Å². The minimum atomic E-state index is 0.567. The van der Waals surface area contributed by atoms with E-state index < -0.39 is 0 Å². The van der Waals surface area contributed by atoms with Gasteiger partial charge in [-0.3, -0.25) is 0 Å². The van der Waals surface area contributed by atoms with Crippen molar-refractivity contribution < 1.29 is 4.74 Å². The van der Waals surface area contributed by atoms with Gasteiger partial charge in [0.1, 0.15) is 0 Å². The van der Waals surface area contributed by atoms with Gasteiger partial charge in [-0.15, -0.1) is 0 Å². The van der Waals surface area contributed by atoms with E-state index in [1.165, 1.54) is 38.5 Å². The molecule has 0 amide bonds. The van der Waals surface area contributed by atoms with Gasteiger partial charge < -0.3 is 10.1 Å². The molecule has 1 N–H and O–H groups in total. The van der Waals surface area contributed by atoms with E-state index in [4.69, 9.17) is 4.74 Å². The molecule has 2 rings (SSSR count). The zero-order chi connectivity index (χ0) is 13.8. The Bertz CT molecular complexity index is 262. The first-order valence-corrected chi connectivity index (χ1v) is 8.42. The molecule has 112 valence electrons. The second-order valence-corrected chi connectivity index (χ2v) is 7.07. The molecule has 2 fully saturated rings. The molecule has 0 bridgehead atoms. The quantitative estimate of drug-likeness (QED) is 0.789. The molecule has 0 saturated heterocycles. The molecule has 19 heavy (non-hydrogen) atoms. The van der Waals surface area contributed by atoms with E-state index >= 15 is 0 Å². The van der Waals surface area contributed by atoms with Gasteiger partial charge in [-0.2, -0.15) is 0 Å². The summed E-state index contributed by atoms with van der Waals surface area (Å²) >= 11 is 0. The van der Waals surface area contributed by atoms with Crippen LogP contribution >= 0.6 is 0 Å². The van der Waals surface area contributed by atoms with Crippen LogP contribution in [0.1, 0.15) is 59.3 Å². The predicted octanol–water partition coefficient (Wildman–Crippen LogP) is 3.85. The van der Waals surface area contributed by atoms with Gasteiger partial charge in [0.2, 0.25) is 0 Å². The number of hydrogen-bond acceptors (Lipinski definition) is 2. The summed E-state index contributed by atoms with van der Waals surface area (Å²) in [6, 6.07) is 0.738. The van der Waals surface area contributed by atoms with Crippen molar-refractivity contribution in [3.8, 4) is 0 Å². The average molecular weight is 267 g/mol. The van der Waals surface area contributed by atoms with Gasteiger partial charge in [-0.1, -0.05) is 20.3 Å². The standard InChI is InChI=1S/C17H33NO/c1-5-19-16-9-14(10-16)11-17(18-4)15-7-6-12(2)13(3)8-15/h12-18H,5-11H2,1-4H3. The first-order chi connectivity index (χ1) is 9.13. The number of ether oxygens (including phenoxy) is 1. The van der Waals surface area contributed by atoms with Crippen LogP contribution in [0.4, 0.5) is 0 Å². The van der Waals surface area contributed by atoms with Crippen molar-refractivity contribution in [3.05, 3.63) is 0 Å². The molecule has 0 aliphatic heterocycles. The summed E-state index contributed by atoms with van der Waals surface area (Å²) in [6.07, 6.45) is 8.81. The normalized spacial score (nSPS) is 40.7. The molecule has 2 heteroatoms. The van der Waals surface area contributed by atoms with Crippen LogP contribution < -0.4 is 5.32 Å². The van der Waals surface area contributed by atoms with Gasteiger partial charge >= 0.3 is 0 Å². The number of rotatable bonds is 6. The molecular weight excluding hydrogens is 234 g/mol. The lowest BCUT2D eigenvalue weighted by Gasteiger charge is -2.41. The van der Waals surface area contributed by atoms with Crippen molar-refractivity contribution in [3.63, 3.8) is 0 Å². The van der Waals surface area contributed by atoms with Crippen molar-refractivity contribution >= 4 is 0 Å². The minimum absolute atomic E-state index is 0.567. The molecule has 0 spiro atoms. The Balaban J connectivity index is 1.75. The summed E-state index contributed by atoms with van der Waals surface area (Å²) in [5.74, 6) is 3.65. The Morgan fingerprint density at radius 3 is 2.42 bits per heavy atom. The SMILES string of the molecule is CCOC1CC(CC(NC)C2CCC(C)C(C)C2)C1. The maximum absolute atomic E-state index is 5.68. The van der Waals surface area contributed by atoms with Crippen LogP contribution in [-0.4, -0.2) is 25.8 Å². The highest BCUT2D eigenvalue weighted by atomic mass is 16.5. The molecule has 4 unspecified atom stereocenters. The van der Waals surface area contributed by atoms with Gasteiger partial charge in [-0.05, 0) is 69.7 Å². The van der Waals surface area contributed by atoms with Crippen LogP contribution in [0, 0.1) is 23.7 Å². The maximum Gasteiger partial charge on any atom is 0.0580 e. The van der Waals surface area contributed by atoms with Crippen molar-refractivity contribution in [1.82, 2.24) is 5.32 Å². The second-order valence-electron chi connectivity index (χ2n) is 7.07. The average Bonchev–Trinajstić information content (AvgIpc) is 2.36. The zero-order valence-corrected chi connectivity index (χ0v) is 13.3. The van der Waals surface area contributed by atoms with E-state index in [2.05, 4.69) is 33.1 Å². The van der Waals surface area contributed by atoms with Crippen LogP contribution in [0.15, 0.2) is 0 Å². The summed E-state index contributed by atoms with van der Waals surface area (Å²) in [5, 5.41) is 3.61. The predicted molar refractivity (Wildman–Crippen MR) is 81.3 cm³/mol. The molecule has 0 aromatic heterocycles. The summed E-state index contributed by atoms with van der Waals surface area (Å²) in [6.45, 7) is 7.85. The Morgan fingerprint density at radius 2 is 1.84 bits per heavy atom. The van der Waals surface area contributed by atoms with Gasteiger partial charge in [0.25, 0.3) is 0 Å². The fourth-order valence-corrected chi connectivity index (χ4v) is 4.10. The van der Waals surface area contributed by atoms with E-state index in [-0.39, 0.29) is 0 Å². The summed E-state index contributed by atoms with van der Waals surface area (Å²) in [4.78, 5) is 0. The first kappa shape index (κ1) is 15.3. The van der Waals surface area contributed by atoms with Crippen molar-refractivity contribution in [2.75, 3.05) is 13.7 Å². The zero-order valence-electron chi connectivity index (χ0n) is 13.3. The number of hydrogen-bond donors (Lipinski definition) is 1. The highest BCUT2D eigenvalue weighted by molar-refractivity contribution is 4.89. The lowest BCUT2D eigenvalue weighted by molar-refractivity contribution is -0.0317. The molecule has 2 aliphatic carbocycles. The van der Waals surface area contributed by atoms with Crippen molar-refractivity contribution in [2.45, 2.75) is 71.4 Å². The molecular formula is C17H33NO. The van der Waals surface area contributed by atoms with Crippen LogP contribution in [0.2, 0.25) is 0 Å². The van der Waals surface area contributed by atoms with Crippen LogP contribution in [0.5, 0.6) is 0 Å². The monoisotopic (exact) mass is 267 g/mol. The smallest absolute Gasteiger partial charge is 0.0580 e. The second kappa shape index (κ2) is 7.08. The molecule has 0 aromatic rings. The summed E-state index contributed by atoms with van der Waals surface area (Å²) < 4.78 is 5.68. The third kappa shape index (κ3) is 3.95. The van der Waals surface area contributed by atoms with Gasteiger partial charge in [0, 0.05) is 12.6 Å². The molecule has 0 aromatic carbocycles. The lowest BCUT2D eigenvalue weighted by atomic mass is 9.69. The maximum atomic E-state index is 5.68. The topological polar surface area (TPSA) is 21.3 Å². The molecule has 2 aliphatic rings. The summed E-state index contributed by atoms with van der Waals surface area (Å²) in [7, 11) is 2.16. The highest BCUT2D eigenvalue weighted by Crippen LogP contribution is 2.39. The Labute approximate surface area is 119 Å². The van der Waals surface area contributed by atoms with Gasteiger partial charge in [-0.25, -0.2) is 0 Å². The summed E-state index contributed by atoms with van der Waals surface area (Å²) in [5.41, 5.74) is 0. The van der Waals surface area contributed by atoms with Crippen molar-refractivity contribution in [1.29, 1.82) is 0 Å². The third-order valence-corrected chi connectivity index (χ3v) is 5.76. The molecule has 0 heterocycles. The molecule has 0 radical (unpaired) electrons. The number of nitrogens with one attached hydrogen (secondary N) is 1. The van der Waals surface area contributed by atoms with Crippen LogP contribution in [0.3, 0.4) is 0 Å². The molecule has 2 nitrogen and oxygen atoms in total. The van der Waals surface area contributed by atoms with E-state index in [1.807, 2.05) is 0 Å². The lowest BCUT2D eigenvalue weighted by Crippen LogP contribution is -2.42. The molecule has 2 saturated carbocycles. The first-order valence-electron chi connectivity index (χ1n) is 8.42. The van der Waals surface area contributed by atoms with E-state index in [9.17, 15) is 0 Å². The third-order valence-electron chi connectivity index (χ3n) is 5.76. The largest absolute Gasteiger partial charge is 0.378 e. The van der Waals surface area contributed by atoms with E-state index in [1.54, 1.807) is 0 Å². The Hall–Kier alpha value is -0.0800. The van der Waals surface area contributed by atoms with Crippen molar-refractivity contribution in [2.24, 2.45) is 23.7 Å². The van der Waals surface area contributed by atoms with Gasteiger partial charge in [0.15, 0.2) is 0 Å². The van der Waals surface area contributed by atoms with Crippen LogP contribution in [0.25, 0.3) is 0 Å². The fraction of sp³-hybridized carbons (Fsp3) is 1.00.